The minimum absolute atomic E-state index is 0.0405. The Morgan fingerprint density at radius 1 is 1.33 bits per heavy atom. The molecule has 1 atom stereocenters. The Bertz CT molecular complexity index is 956. The first-order valence-electron chi connectivity index (χ1n) is 9.87. The van der Waals surface area contributed by atoms with Crippen LogP contribution in [0, 0.1) is 5.92 Å². The van der Waals surface area contributed by atoms with E-state index in [0.717, 1.165) is 5.56 Å². The van der Waals surface area contributed by atoms with E-state index in [4.69, 9.17) is 4.74 Å². The molecular weight excluding hydrogens is 404 g/mol. The molecule has 0 radical (unpaired) electrons. The summed E-state index contributed by atoms with van der Waals surface area (Å²) in [6.45, 7) is 3.09. The van der Waals surface area contributed by atoms with Crippen molar-refractivity contribution in [2.45, 2.75) is 31.8 Å². The van der Waals surface area contributed by atoms with E-state index in [9.17, 15) is 14.4 Å². The highest BCUT2D eigenvalue weighted by Crippen LogP contribution is 2.34. The van der Waals surface area contributed by atoms with Gasteiger partial charge in [-0.1, -0.05) is 0 Å². The molecule has 4 amide bonds. The van der Waals surface area contributed by atoms with Gasteiger partial charge in [-0.25, -0.2) is 9.78 Å². The molecule has 1 N–H and O–H groups in total. The van der Waals surface area contributed by atoms with Crippen LogP contribution < -0.4 is 10.1 Å². The van der Waals surface area contributed by atoms with E-state index in [0.29, 0.717) is 37.4 Å². The molecule has 0 saturated carbocycles. The van der Waals surface area contributed by atoms with E-state index >= 15 is 0 Å². The summed E-state index contributed by atoms with van der Waals surface area (Å²) in [7, 11) is 1.49. The number of thiophene rings is 1. The molecule has 9 heteroatoms. The fourth-order valence-corrected chi connectivity index (χ4v) is 4.91. The predicted molar refractivity (Wildman–Crippen MR) is 111 cm³/mol. The topological polar surface area (TPSA) is 91.8 Å². The second-order valence-corrected chi connectivity index (χ2v) is 8.56. The van der Waals surface area contributed by atoms with Crippen LogP contribution in [0.15, 0.2) is 35.2 Å². The van der Waals surface area contributed by atoms with Gasteiger partial charge in [-0.05, 0) is 60.2 Å². The number of aromatic nitrogens is 1. The second kappa shape index (κ2) is 8.06. The second-order valence-electron chi connectivity index (χ2n) is 7.78. The molecule has 1 unspecified atom stereocenters. The number of rotatable bonds is 5. The van der Waals surface area contributed by atoms with Gasteiger partial charge >= 0.3 is 6.03 Å². The van der Waals surface area contributed by atoms with Crippen molar-refractivity contribution < 1.29 is 19.1 Å². The molecule has 2 saturated heterocycles. The van der Waals surface area contributed by atoms with Crippen molar-refractivity contribution in [2.75, 3.05) is 20.2 Å². The van der Waals surface area contributed by atoms with Crippen molar-refractivity contribution in [3.63, 3.8) is 0 Å². The van der Waals surface area contributed by atoms with Gasteiger partial charge in [0.15, 0.2) is 0 Å². The number of piperidine rings is 1. The van der Waals surface area contributed by atoms with Gasteiger partial charge in [0.2, 0.25) is 5.88 Å². The third kappa shape index (κ3) is 3.54. The molecule has 4 heterocycles. The van der Waals surface area contributed by atoms with Crippen molar-refractivity contribution in [1.82, 2.24) is 20.1 Å². The summed E-state index contributed by atoms with van der Waals surface area (Å²) in [4.78, 5) is 45.7. The smallest absolute Gasteiger partial charge is 0.325 e. The molecule has 4 rings (SSSR count). The molecule has 0 aromatic carbocycles. The van der Waals surface area contributed by atoms with E-state index in [1.54, 1.807) is 30.2 Å². The molecule has 0 bridgehead atoms. The predicted octanol–water partition coefficient (Wildman–Crippen LogP) is 2.51. The highest BCUT2D eigenvalue weighted by atomic mass is 32.1. The van der Waals surface area contributed by atoms with Crippen LogP contribution in [0.2, 0.25) is 0 Å². The number of hydrogen-bond acceptors (Lipinski definition) is 6. The van der Waals surface area contributed by atoms with Crippen molar-refractivity contribution in [2.24, 2.45) is 5.92 Å². The van der Waals surface area contributed by atoms with Crippen LogP contribution in [0.5, 0.6) is 5.88 Å². The first-order chi connectivity index (χ1) is 14.4. The zero-order chi connectivity index (χ0) is 21.3. The summed E-state index contributed by atoms with van der Waals surface area (Å²) < 4.78 is 5.20. The molecule has 2 aromatic rings. The van der Waals surface area contributed by atoms with Crippen LogP contribution in [0.25, 0.3) is 0 Å². The maximum atomic E-state index is 13.1. The molecule has 2 aliphatic rings. The van der Waals surface area contributed by atoms with Crippen LogP contribution in [-0.2, 0) is 11.3 Å². The van der Waals surface area contributed by atoms with Gasteiger partial charge in [-0.2, -0.15) is 11.3 Å². The van der Waals surface area contributed by atoms with Crippen LogP contribution in [0.3, 0.4) is 0 Å². The zero-order valence-corrected chi connectivity index (χ0v) is 17.8. The number of pyridine rings is 1. The first-order valence-corrected chi connectivity index (χ1v) is 10.8. The standard InChI is InChI=1S/C21H24N4O4S/c1-21(19(27)25(20(28)23-21)12-14-7-11-30-13-14)15-5-9-24(10-6-15)18(26)16-4-3-8-22-17(16)29-2/h3-4,7-8,11,13,15H,5-6,9-10,12H2,1-2H3,(H,23,28). The Morgan fingerprint density at radius 3 is 2.77 bits per heavy atom. The van der Waals surface area contributed by atoms with Crippen LogP contribution in [-0.4, -0.2) is 58.4 Å². The van der Waals surface area contributed by atoms with Crippen LogP contribution in [0.1, 0.15) is 35.7 Å². The van der Waals surface area contributed by atoms with E-state index in [2.05, 4.69) is 10.3 Å². The molecule has 2 fully saturated rings. The SMILES string of the molecule is COc1ncccc1C(=O)N1CCC(C2(C)NC(=O)N(Cc3ccsc3)C2=O)CC1. The zero-order valence-electron chi connectivity index (χ0n) is 17.0. The highest BCUT2D eigenvalue weighted by molar-refractivity contribution is 7.07. The van der Waals surface area contributed by atoms with Crippen LogP contribution in [0.4, 0.5) is 4.79 Å². The highest BCUT2D eigenvalue weighted by Gasteiger charge is 2.52. The maximum Gasteiger partial charge on any atom is 0.325 e. The number of imide groups is 1. The van der Waals surface area contributed by atoms with Gasteiger partial charge in [-0.3, -0.25) is 14.5 Å². The largest absolute Gasteiger partial charge is 0.480 e. The molecule has 2 aliphatic heterocycles. The maximum absolute atomic E-state index is 13.1. The summed E-state index contributed by atoms with van der Waals surface area (Å²) in [5, 5.41) is 6.78. The number of carbonyl (C=O) groups is 3. The summed E-state index contributed by atoms with van der Waals surface area (Å²) in [5.74, 6) is -0.0676. The summed E-state index contributed by atoms with van der Waals surface area (Å²) >= 11 is 1.54. The van der Waals surface area contributed by atoms with Gasteiger partial charge in [0.05, 0.1) is 13.7 Å². The molecule has 2 aromatic heterocycles. The summed E-state index contributed by atoms with van der Waals surface area (Å²) in [6.07, 6.45) is 2.84. The molecule has 8 nitrogen and oxygen atoms in total. The fraction of sp³-hybridized carbons (Fsp3) is 0.429. The lowest BCUT2D eigenvalue weighted by molar-refractivity contribution is -0.133. The Morgan fingerprint density at radius 2 is 2.10 bits per heavy atom. The van der Waals surface area contributed by atoms with E-state index < -0.39 is 5.54 Å². The number of amides is 4. The Balaban J connectivity index is 1.43. The lowest BCUT2D eigenvalue weighted by atomic mass is 9.78. The molecule has 0 aliphatic carbocycles. The van der Waals surface area contributed by atoms with Crippen molar-refractivity contribution in [3.05, 3.63) is 46.3 Å². The quantitative estimate of drug-likeness (QED) is 0.739. The normalized spacial score (nSPS) is 22.3. The van der Waals surface area contributed by atoms with Crippen molar-refractivity contribution in [1.29, 1.82) is 0 Å². The van der Waals surface area contributed by atoms with E-state index in [1.807, 2.05) is 16.8 Å². The average molecular weight is 429 g/mol. The monoisotopic (exact) mass is 428 g/mol. The molecule has 30 heavy (non-hydrogen) atoms. The molecular formula is C21H24N4O4S. The minimum Gasteiger partial charge on any atom is -0.480 e. The Kier molecular flexibility index (Phi) is 5.46. The Labute approximate surface area is 178 Å². The summed E-state index contributed by atoms with van der Waals surface area (Å²) in [5.41, 5.74) is 0.421. The Hall–Kier alpha value is -2.94. The number of nitrogens with zero attached hydrogens (tertiary/aromatic N) is 3. The first kappa shape index (κ1) is 20.3. The van der Waals surface area contributed by atoms with Gasteiger partial charge in [0.25, 0.3) is 11.8 Å². The van der Waals surface area contributed by atoms with Crippen LogP contribution >= 0.6 is 11.3 Å². The number of hydrogen-bond donors (Lipinski definition) is 1. The summed E-state index contributed by atoms with van der Waals surface area (Å²) in [6, 6.07) is 4.97. The van der Waals surface area contributed by atoms with E-state index in [-0.39, 0.29) is 30.3 Å². The number of likely N-dealkylation sites (tertiary alicyclic amines) is 1. The van der Waals surface area contributed by atoms with Crippen molar-refractivity contribution >= 4 is 29.2 Å². The van der Waals surface area contributed by atoms with Gasteiger partial charge < -0.3 is 15.0 Å². The van der Waals surface area contributed by atoms with Gasteiger partial charge in [0.1, 0.15) is 11.1 Å². The molecule has 0 spiro atoms. The minimum atomic E-state index is -0.950. The third-order valence-electron chi connectivity index (χ3n) is 6.02. The van der Waals surface area contributed by atoms with E-state index in [1.165, 1.54) is 23.3 Å². The molecule has 158 valence electrons. The average Bonchev–Trinajstić information content (AvgIpc) is 3.36. The number of methoxy groups -OCH3 is 1. The lowest BCUT2D eigenvalue weighted by Gasteiger charge is -2.39. The van der Waals surface area contributed by atoms with Gasteiger partial charge in [-0.15, -0.1) is 0 Å². The lowest BCUT2D eigenvalue weighted by Crippen LogP contribution is -2.54. The fourth-order valence-electron chi connectivity index (χ4n) is 4.25. The number of nitrogens with one attached hydrogen (secondary N) is 1. The number of carbonyl (C=O) groups excluding carboxylic acids is 3. The number of urea groups is 1. The van der Waals surface area contributed by atoms with Gasteiger partial charge in [0, 0.05) is 19.3 Å². The van der Waals surface area contributed by atoms with Crippen molar-refractivity contribution in [3.8, 4) is 5.88 Å². The number of ether oxygens (including phenoxy) is 1. The third-order valence-corrected chi connectivity index (χ3v) is 6.75.